The van der Waals surface area contributed by atoms with Gasteiger partial charge in [-0.15, -0.1) is 0 Å². The van der Waals surface area contributed by atoms with Crippen molar-refractivity contribution >= 4 is 22.6 Å². The summed E-state index contributed by atoms with van der Waals surface area (Å²) < 4.78 is 11.1. The highest BCUT2D eigenvalue weighted by atomic mass is 32.1. The summed E-state index contributed by atoms with van der Waals surface area (Å²) in [6, 6.07) is 0. The van der Waals surface area contributed by atoms with Crippen LogP contribution < -0.4 is 10.1 Å². The molecule has 2 aromatic heterocycles. The molecule has 1 N–H and O–H groups in total. The number of nitrogens with one attached hydrogen (secondary N) is 1. The maximum atomic E-state index is 11.7. The van der Waals surface area contributed by atoms with Crippen molar-refractivity contribution < 1.29 is 9.53 Å². The second kappa shape index (κ2) is 4.96. The van der Waals surface area contributed by atoms with Gasteiger partial charge >= 0.3 is 0 Å². The van der Waals surface area contributed by atoms with Crippen LogP contribution in [0.15, 0.2) is 12.4 Å². The lowest BCUT2D eigenvalue weighted by Crippen LogP contribution is -2.19. The molecule has 1 amide bonds. The summed E-state index contributed by atoms with van der Waals surface area (Å²) in [5.74, 6) is 1.65. The summed E-state index contributed by atoms with van der Waals surface area (Å²) in [4.78, 5) is 15.9. The van der Waals surface area contributed by atoms with Gasteiger partial charge in [-0.25, -0.2) is 4.98 Å². The standard InChI is InChI=1S/C11H13N5O2S/c1-16-5-8(4-12-16)18-6-9(17)13-11-14-10(15-19-11)7-2-3-7/h4-5,7H,2-3,6H2,1H3,(H,13,14,15,17). The van der Waals surface area contributed by atoms with E-state index >= 15 is 0 Å². The van der Waals surface area contributed by atoms with Crippen molar-refractivity contribution in [1.29, 1.82) is 0 Å². The predicted molar refractivity (Wildman–Crippen MR) is 69.2 cm³/mol. The molecule has 0 saturated heterocycles. The lowest BCUT2D eigenvalue weighted by molar-refractivity contribution is -0.118. The van der Waals surface area contributed by atoms with E-state index in [4.69, 9.17) is 4.74 Å². The number of carbonyl (C=O) groups is 1. The van der Waals surface area contributed by atoms with E-state index in [-0.39, 0.29) is 12.5 Å². The minimum absolute atomic E-state index is 0.0654. The highest BCUT2D eigenvalue weighted by molar-refractivity contribution is 7.09. The van der Waals surface area contributed by atoms with Crippen molar-refractivity contribution in [1.82, 2.24) is 19.1 Å². The molecular weight excluding hydrogens is 266 g/mol. The van der Waals surface area contributed by atoms with Crippen molar-refractivity contribution in [3.05, 3.63) is 18.2 Å². The number of amides is 1. The topological polar surface area (TPSA) is 81.9 Å². The minimum Gasteiger partial charge on any atom is -0.480 e. The zero-order valence-electron chi connectivity index (χ0n) is 10.4. The van der Waals surface area contributed by atoms with Crippen LogP contribution in [0.4, 0.5) is 5.13 Å². The average molecular weight is 279 g/mol. The van der Waals surface area contributed by atoms with Crippen LogP contribution in [0.3, 0.4) is 0 Å². The molecule has 100 valence electrons. The van der Waals surface area contributed by atoms with E-state index in [1.54, 1.807) is 24.1 Å². The van der Waals surface area contributed by atoms with E-state index in [9.17, 15) is 4.79 Å². The van der Waals surface area contributed by atoms with Crippen molar-refractivity contribution in [3.8, 4) is 5.75 Å². The first-order valence-corrected chi connectivity index (χ1v) is 6.73. The van der Waals surface area contributed by atoms with Crippen molar-refractivity contribution in [3.63, 3.8) is 0 Å². The molecule has 8 heteroatoms. The Morgan fingerprint density at radius 3 is 3.16 bits per heavy atom. The first-order chi connectivity index (χ1) is 9.20. The lowest BCUT2D eigenvalue weighted by atomic mass is 10.4. The molecule has 1 aliphatic carbocycles. The molecule has 7 nitrogen and oxygen atoms in total. The maximum absolute atomic E-state index is 11.7. The summed E-state index contributed by atoms with van der Waals surface area (Å²) in [6.45, 7) is -0.0654. The van der Waals surface area contributed by atoms with E-state index in [1.807, 2.05) is 0 Å². The zero-order chi connectivity index (χ0) is 13.2. The van der Waals surface area contributed by atoms with Gasteiger partial charge < -0.3 is 4.74 Å². The third-order valence-electron chi connectivity index (χ3n) is 2.68. The summed E-state index contributed by atoms with van der Waals surface area (Å²) in [6.07, 6.45) is 5.55. The number of hydrogen-bond acceptors (Lipinski definition) is 6. The van der Waals surface area contributed by atoms with Gasteiger partial charge in [0.05, 0.1) is 12.4 Å². The molecule has 0 atom stereocenters. The van der Waals surface area contributed by atoms with Crippen LogP contribution in [0.5, 0.6) is 5.75 Å². The Bertz CT molecular complexity index is 589. The van der Waals surface area contributed by atoms with Crippen molar-refractivity contribution in [2.75, 3.05) is 11.9 Å². The van der Waals surface area contributed by atoms with Gasteiger partial charge in [0.2, 0.25) is 5.13 Å². The fourth-order valence-electron chi connectivity index (χ4n) is 1.57. The Morgan fingerprint density at radius 1 is 1.63 bits per heavy atom. The average Bonchev–Trinajstić information content (AvgIpc) is 3.00. The second-order valence-electron chi connectivity index (χ2n) is 4.42. The van der Waals surface area contributed by atoms with Gasteiger partial charge in [-0.05, 0) is 12.8 Å². The van der Waals surface area contributed by atoms with Crippen LogP contribution in [0.1, 0.15) is 24.6 Å². The van der Waals surface area contributed by atoms with Gasteiger partial charge in [0.1, 0.15) is 5.82 Å². The molecule has 2 aromatic rings. The molecule has 0 spiro atoms. The number of nitrogens with zero attached hydrogens (tertiary/aromatic N) is 4. The largest absolute Gasteiger partial charge is 0.480 e. The molecule has 0 aromatic carbocycles. The summed E-state index contributed by atoms with van der Waals surface area (Å²) >= 11 is 1.21. The number of aromatic nitrogens is 4. The molecular formula is C11H13N5O2S. The van der Waals surface area contributed by atoms with E-state index in [1.165, 1.54) is 11.5 Å². The van der Waals surface area contributed by atoms with Crippen molar-refractivity contribution in [2.24, 2.45) is 7.05 Å². The molecule has 1 saturated carbocycles. The monoisotopic (exact) mass is 279 g/mol. The first-order valence-electron chi connectivity index (χ1n) is 5.95. The summed E-state index contributed by atoms with van der Waals surface area (Å²) in [7, 11) is 1.79. The summed E-state index contributed by atoms with van der Waals surface area (Å²) in [5.41, 5.74) is 0. The molecule has 0 aliphatic heterocycles. The summed E-state index contributed by atoms with van der Waals surface area (Å²) in [5, 5.41) is 7.15. The lowest BCUT2D eigenvalue weighted by Gasteiger charge is -2.02. The van der Waals surface area contributed by atoms with Crippen LogP contribution in [-0.2, 0) is 11.8 Å². The van der Waals surface area contributed by atoms with Crippen LogP contribution in [-0.4, -0.2) is 31.7 Å². The molecule has 0 unspecified atom stereocenters. The number of carbonyl (C=O) groups excluding carboxylic acids is 1. The third-order valence-corrected chi connectivity index (χ3v) is 3.33. The first kappa shape index (κ1) is 12.1. The van der Waals surface area contributed by atoms with Gasteiger partial charge in [-0.2, -0.15) is 9.47 Å². The molecule has 0 bridgehead atoms. The Balaban J connectivity index is 1.49. The number of ether oxygens (including phenoxy) is 1. The molecule has 1 aliphatic rings. The molecule has 1 fully saturated rings. The predicted octanol–water partition coefficient (Wildman–Crippen LogP) is 1.17. The molecule has 0 radical (unpaired) electrons. The Hall–Kier alpha value is -1.96. The molecule has 2 heterocycles. The van der Waals surface area contributed by atoms with Crippen LogP contribution >= 0.6 is 11.5 Å². The quantitative estimate of drug-likeness (QED) is 0.888. The number of hydrogen-bond donors (Lipinski definition) is 1. The van der Waals surface area contributed by atoms with Gasteiger partial charge in [0, 0.05) is 24.5 Å². The van der Waals surface area contributed by atoms with Crippen LogP contribution in [0.25, 0.3) is 0 Å². The highest BCUT2D eigenvalue weighted by Gasteiger charge is 2.28. The van der Waals surface area contributed by atoms with Crippen molar-refractivity contribution in [2.45, 2.75) is 18.8 Å². The fraction of sp³-hybridized carbons (Fsp3) is 0.455. The van der Waals surface area contributed by atoms with Gasteiger partial charge in [-0.3, -0.25) is 14.8 Å². The van der Waals surface area contributed by atoms with Gasteiger partial charge in [0.15, 0.2) is 12.4 Å². The zero-order valence-corrected chi connectivity index (χ0v) is 11.2. The fourth-order valence-corrected chi connectivity index (χ4v) is 2.23. The van der Waals surface area contributed by atoms with E-state index < -0.39 is 0 Å². The van der Waals surface area contributed by atoms with E-state index in [2.05, 4.69) is 19.8 Å². The van der Waals surface area contributed by atoms with Gasteiger partial charge in [0.25, 0.3) is 5.91 Å². The normalized spacial score (nSPS) is 14.4. The maximum Gasteiger partial charge on any atom is 0.264 e. The number of anilines is 1. The second-order valence-corrected chi connectivity index (χ2v) is 5.17. The van der Waals surface area contributed by atoms with Crippen LogP contribution in [0.2, 0.25) is 0 Å². The highest BCUT2D eigenvalue weighted by Crippen LogP contribution is 2.39. The molecule has 3 rings (SSSR count). The number of rotatable bonds is 5. The SMILES string of the molecule is Cn1cc(OCC(=O)Nc2nc(C3CC3)ns2)cn1. The number of aryl methyl sites for hydroxylation is 1. The smallest absolute Gasteiger partial charge is 0.264 e. The van der Waals surface area contributed by atoms with Crippen LogP contribution in [0, 0.1) is 0 Å². The van der Waals surface area contributed by atoms with E-state index in [0.717, 1.165) is 18.7 Å². The minimum atomic E-state index is -0.248. The van der Waals surface area contributed by atoms with Gasteiger partial charge in [-0.1, -0.05) is 0 Å². The Labute approximate surface area is 113 Å². The Morgan fingerprint density at radius 2 is 2.47 bits per heavy atom. The van der Waals surface area contributed by atoms with E-state index in [0.29, 0.717) is 16.8 Å². The Kier molecular flexibility index (Phi) is 3.16. The molecule has 19 heavy (non-hydrogen) atoms. The third kappa shape index (κ3) is 3.08.